The highest BCUT2D eigenvalue weighted by molar-refractivity contribution is 5.51. The lowest BCUT2D eigenvalue weighted by atomic mass is 9.46. The lowest BCUT2D eigenvalue weighted by Crippen LogP contribution is -2.59. The minimum Gasteiger partial charge on any atom is -0.393 e. The Kier molecular flexibility index (Phi) is 12.1. The zero-order chi connectivity index (χ0) is 43.3. The number of allylic oxidation sites excluding steroid dienone is 2. The number of nitrogens with zero attached hydrogens (tertiary/aromatic N) is 1. The monoisotopic (exact) mass is 831 g/mol. The van der Waals surface area contributed by atoms with Gasteiger partial charge in [-0.1, -0.05) is 57.9 Å². The van der Waals surface area contributed by atoms with Crippen LogP contribution in [0.4, 0.5) is 0 Å². The second-order valence-corrected chi connectivity index (χ2v) is 25.8. The van der Waals surface area contributed by atoms with Crippen molar-refractivity contribution in [1.82, 2.24) is 0 Å². The average Bonchev–Trinajstić information content (AvgIpc) is 3.77. The van der Waals surface area contributed by atoms with E-state index in [1.54, 1.807) is 5.57 Å². The fourth-order valence-corrected chi connectivity index (χ4v) is 17.8. The first-order chi connectivity index (χ1) is 28.0. The molecule has 6 fully saturated rings. The second kappa shape index (κ2) is 16.0. The van der Waals surface area contributed by atoms with Crippen LogP contribution in [0.2, 0.25) is 0 Å². The van der Waals surface area contributed by atoms with Crippen LogP contribution in [0.15, 0.2) is 28.3 Å². The molecule has 0 aromatic rings. The third-order valence-electron chi connectivity index (χ3n) is 20.8. The van der Waals surface area contributed by atoms with Crippen molar-refractivity contribution in [2.75, 3.05) is 6.54 Å². The van der Waals surface area contributed by atoms with E-state index in [2.05, 4.69) is 53.7 Å². The summed E-state index contributed by atoms with van der Waals surface area (Å²) in [7, 11) is 0. The Bertz CT molecular complexity index is 1650. The normalized spacial score (nSPS) is 46.0. The van der Waals surface area contributed by atoms with Gasteiger partial charge >= 0.3 is 0 Å². The molecule has 0 aliphatic heterocycles. The molecule has 0 bridgehead atoms. The van der Waals surface area contributed by atoms with Gasteiger partial charge in [-0.25, -0.2) is 0 Å². The first-order valence-electron chi connectivity index (χ1n) is 25.4. The van der Waals surface area contributed by atoms with Crippen molar-refractivity contribution >= 4 is 6.34 Å². The lowest BCUT2D eigenvalue weighted by molar-refractivity contribution is -0.202. The molecule has 0 saturated heterocycles. The molecule has 8 aliphatic carbocycles. The van der Waals surface area contributed by atoms with Crippen LogP contribution in [-0.4, -0.2) is 57.2 Å². The molecular formula is C54H90N2O4. The molecule has 340 valence electrons. The van der Waals surface area contributed by atoms with Gasteiger partial charge in [0.25, 0.3) is 0 Å². The van der Waals surface area contributed by atoms with E-state index in [0.717, 1.165) is 101 Å². The van der Waals surface area contributed by atoms with Gasteiger partial charge in [-0.3, -0.25) is 4.99 Å². The number of fused-ring (bicyclic) bond motifs is 10. The molecule has 60 heavy (non-hydrogen) atoms. The molecule has 6 heteroatoms. The first-order valence-corrected chi connectivity index (χ1v) is 25.4. The molecule has 6 nitrogen and oxygen atoms in total. The predicted molar refractivity (Wildman–Crippen MR) is 246 cm³/mol. The molecule has 5 N–H and O–H groups in total. The Hall–Kier alpha value is -1.21. The first kappa shape index (κ1) is 45.4. The van der Waals surface area contributed by atoms with Crippen LogP contribution in [0.25, 0.3) is 0 Å². The van der Waals surface area contributed by atoms with Crippen LogP contribution in [0, 0.1) is 80.8 Å². The fourth-order valence-electron chi connectivity index (χ4n) is 17.8. The minimum absolute atomic E-state index is 0.144. The van der Waals surface area contributed by atoms with Gasteiger partial charge in [0.2, 0.25) is 0 Å². The highest BCUT2D eigenvalue weighted by Gasteiger charge is 2.64. The molecule has 16 atom stereocenters. The zero-order valence-electron chi connectivity index (χ0n) is 40.1. The van der Waals surface area contributed by atoms with E-state index in [1.165, 1.54) is 63.3 Å². The van der Waals surface area contributed by atoms with E-state index in [9.17, 15) is 15.3 Å². The molecule has 6 saturated carbocycles. The number of rotatable bonds is 12. The summed E-state index contributed by atoms with van der Waals surface area (Å²) in [5.74, 6) is 6.35. The molecule has 0 aromatic carbocycles. The van der Waals surface area contributed by atoms with Crippen molar-refractivity contribution < 1.29 is 20.1 Å². The molecule has 0 amide bonds. The van der Waals surface area contributed by atoms with Crippen LogP contribution in [-0.2, 0) is 4.74 Å². The molecular weight excluding hydrogens is 741 g/mol. The fraction of sp³-hybridized carbons (Fsp3) is 0.907. The minimum atomic E-state index is -0.697. The SMILES string of the molecule is CC(C)(O)CCC(CN=CN)C1CCC2C3CC=C4CC(O)CCC4(C)C3CC(C)(OC3CCC4(C)C(=CCC5C4CCC4(C)C5CCC4C(C)(C)CCC(C)(C)O)C3)C12. The highest BCUT2D eigenvalue weighted by Crippen LogP contribution is 2.70. The zero-order valence-corrected chi connectivity index (χ0v) is 40.1. The van der Waals surface area contributed by atoms with Gasteiger partial charge in [-0.2, -0.15) is 0 Å². The van der Waals surface area contributed by atoms with Crippen molar-refractivity contribution in [3.63, 3.8) is 0 Å². The third-order valence-corrected chi connectivity index (χ3v) is 20.8. The molecule has 0 radical (unpaired) electrons. The third kappa shape index (κ3) is 8.09. The maximum atomic E-state index is 10.9. The summed E-state index contributed by atoms with van der Waals surface area (Å²) in [6.07, 6.45) is 28.4. The van der Waals surface area contributed by atoms with E-state index >= 15 is 0 Å². The largest absolute Gasteiger partial charge is 0.393 e. The van der Waals surface area contributed by atoms with E-state index in [-0.39, 0.29) is 34.1 Å². The standard InChI is InChI=1S/C54H90N2O4/c1-48(2,27-28-50(5,6)59)46-18-17-43-42-14-12-36-30-38(21-25-51(36,7)44(42)22-26-53(43,46)9)60-54(10)31-45-40(13-11-35-29-37(57)20-24-52(35,45)8)41-16-15-39(47(41)54)34(32-56-33-55)19-23-49(3,4)58/h11-12,33-34,37-47,57-59H,13-32H2,1-10H3,(H2,55,56). The van der Waals surface area contributed by atoms with E-state index < -0.39 is 11.2 Å². The number of ether oxygens (including phenoxy) is 1. The smallest absolute Gasteiger partial charge is 0.0797 e. The Morgan fingerprint density at radius 2 is 1.42 bits per heavy atom. The van der Waals surface area contributed by atoms with Gasteiger partial charge in [0, 0.05) is 6.54 Å². The van der Waals surface area contributed by atoms with Crippen LogP contribution < -0.4 is 5.73 Å². The van der Waals surface area contributed by atoms with Crippen LogP contribution in [0.1, 0.15) is 191 Å². The maximum Gasteiger partial charge on any atom is 0.0797 e. The number of aliphatic hydroxyl groups is 3. The Balaban J connectivity index is 1.05. The van der Waals surface area contributed by atoms with Gasteiger partial charge in [0.15, 0.2) is 0 Å². The average molecular weight is 831 g/mol. The van der Waals surface area contributed by atoms with Crippen molar-refractivity contribution in [2.24, 2.45) is 91.6 Å². The summed E-state index contributed by atoms with van der Waals surface area (Å²) in [6.45, 7) is 24.1. The van der Waals surface area contributed by atoms with Crippen LogP contribution >= 0.6 is 0 Å². The van der Waals surface area contributed by atoms with Crippen LogP contribution in [0.5, 0.6) is 0 Å². The van der Waals surface area contributed by atoms with Gasteiger partial charge in [-0.05, 0) is 237 Å². The molecule has 8 aliphatic rings. The summed E-state index contributed by atoms with van der Waals surface area (Å²) in [4.78, 5) is 4.70. The summed E-state index contributed by atoms with van der Waals surface area (Å²) in [5.41, 5.74) is 8.71. The topological polar surface area (TPSA) is 108 Å². The van der Waals surface area contributed by atoms with Crippen LogP contribution in [0.3, 0.4) is 0 Å². The number of hydrogen-bond acceptors (Lipinski definition) is 5. The van der Waals surface area contributed by atoms with Gasteiger partial charge in [0.1, 0.15) is 0 Å². The number of nitrogens with two attached hydrogens (primary N) is 1. The van der Waals surface area contributed by atoms with Gasteiger partial charge in [0.05, 0.1) is 35.3 Å². The molecule has 16 unspecified atom stereocenters. The Morgan fingerprint density at radius 3 is 2.12 bits per heavy atom. The quantitative estimate of drug-likeness (QED) is 0.0890. The summed E-state index contributed by atoms with van der Waals surface area (Å²) in [6, 6.07) is 0. The number of aliphatic hydroxyl groups excluding tert-OH is 1. The van der Waals surface area contributed by atoms with Crippen molar-refractivity contribution in [3.05, 3.63) is 23.3 Å². The van der Waals surface area contributed by atoms with E-state index in [0.29, 0.717) is 40.9 Å². The van der Waals surface area contributed by atoms with E-state index in [4.69, 9.17) is 15.5 Å². The second-order valence-electron chi connectivity index (χ2n) is 25.8. The van der Waals surface area contributed by atoms with E-state index in [1.807, 2.05) is 27.7 Å². The number of aliphatic imine (C=N–C) groups is 1. The van der Waals surface area contributed by atoms with Crippen molar-refractivity contribution in [2.45, 2.75) is 220 Å². The van der Waals surface area contributed by atoms with Gasteiger partial charge < -0.3 is 25.8 Å². The molecule has 8 rings (SSSR count). The highest BCUT2D eigenvalue weighted by atomic mass is 16.5. The van der Waals surface area contributed by atoms with Gasteiger partial charge in [-0.15, -0.1) is 0 Å². The summed E-state index contributed by atoms with van der Waals surface area (Å²) in [5, 5.41) is 32.4. The molecule has 0 aromatic heterocycles. The lowest BCUT2D eigenvalue weighted by Gasteiger charge is -2.62. The maximum absolute atomic E-state index is 10.9. The molecule has 0 heterocycles. The number of hydrogen-bond donors (Lipinski definition) is 4. The van der Waals surface area contributed by atoms with Crippen molar-refractivity contribution in [3.8, 4) is 0 Å². The summed E-state index contributed by atoms with van der Waals surface area (Å²) >= 11 is 0. The summed E-state index contributed by atoms with van der Waals surface area (Å²) < 4.78 is 7.93. The Morgan fingerprint density at radius 1 is 0.750 bits per heavy atom. The molecule has 0 spiro atoms. The predicted octanol–water partition coefficient (Wildman–Crippen LogP) is 11.6. The Labute approximate surface area is 366 Å². The van der Waals surface area contributed by atoms with Crippen molar-refractivity contribution in [1.29, 1.82) is 0 Å².